The van der Waals surface area contributed by atoms with Gasteiger partial charge in [-0.05, 0) is 89.5 Å². The molecular weight excluding hydrogens is 646 g/mol. The first-order chi connectivity index (χ1) is 18.1. The maximum Gasteiger partial charge on any atom is 0.329 e. The minimum Gasteiger partial charge on any atom is -0.493 e. The number of anilines is 2. The number of amides is 3. The van der Waals surface area contributed by atoms with Crippen LogP contribution in [-0.2, 0) is 14.4 Å². The summed E-state index contributed by atoms with van der Waals surface area (Å²) in [6.45, 7) is 3.74. The van der Waals surface area contributed by atoms with E-state index < -0.39 is 11.8 Å². The molecule has 0 aromatic heterocycles. The van der Waals surface area contributed by atoms with E-state index in [1.807, 2.05) is 54.6 Å². The fraction of sp³-hybridized carbons (Fsp3) is 0.154. The molecule has 0 aliphatic rings. The van der Waals surface area contributed by atoms with Crippen LogP contribution in [0.5, 0.6) is 11.5 Å². The zero-order valence-corrected chi connectivity index (χ0v) is 24.2. The van der Waals surface area contributed by atoms with Crippen LogP contribution in [0.4, 0.5) is 11.4 Å². The number of methoxy groups -OCH3 is 1. The highest BCUT2D eigenvalue weighted by Crippen LogP contribution is 2.33. The zero-order chi connectivity index (χ0) is 27.8. The number of carbonyl (C=O) groups is 3. The van der Waals surface area contributed by atoms with Gasteiger partial charge in [0, 0.05) is 5.69 Å². The smallest absolute Gasteiger partial charge is 0.329 e. The maximum atomic E-state index is 12.4. The van der Waals surface area contributed by atoms with Crippen LogP contribution in [0.2, 0.25) is 10.0 Å². The minimum absolute atomic E-state index is 0.116. The van der Waals surface area contributed by atoms with Crippen molar-refractivity contribution in [3.63, 3.8) is 0 Å². The fourth-order valence-electron chi connectivity index (χ4n) is 3.10. The molecule has 0 bridgehead atoms. The van der Waals surface area contributed by atoms with Crippen LogP contribution in [0.25, 0.3) is 0 Å². The summed E-state index contributed by atoms with van der Waals surface area (Å²) in [7, 11) is 1.46. The van der Waals surface area contributed by atoms with Gasteiger partial charge in [-0.2, -0.15) is 5.10 Å². The number of benzene rings is 3. The molecule has 0 aliphatic heterocycles. The molecule has 9 nitrogen and oxygen atoms in total. The molecule has 0 aliphatic carbocycles. The molecule has 0 heterocycles. The molecule has 0 radical (unpaired) electrons. The summed E-state index contributed by atoms with van der Waals surface area (Å²) in [5, 5.41) is 9.34. The van der Waals surface area contributed by atoms with E-state index in [1.54, 1.807) is 24.3 Å². The van der Waals surface area contributed by atoms with Gasteiger partial charge in [-0.1, -0.05) is 35.3 Å². The van der Waals surface area contributed by atoms with Gasteiger partial charge in [-0.15, -0.1) is 0 Å². The Bertz CT molecular complexity index is 1410. The number of carbonyl (C=O) groups excluding carboxylic acids is 3. The van der Waals surface area contributed by atoms with E-state index in [1.165, 1.54) is 19.4 Å². The van der Waals surface area contributed by atoms with Crippen LogP contribution in [0.15, 0.2) is 53.6 Å². The summed E-state index contributed by atoms with van der Waals surface area (Å²) in [6, 6.07) is 13.6. The number of halogens is 3. The summed E-state index contributed by atoms with van der Waals surface area (Å²) < 4.78 is 11.8. The molecule has 0 fully saturated rings. The third-order valence-corrected chi connectivity index (χ3v) is 6.80. The second-order valence-corrected chi connectivity index (χ2v) is 9.87. The number of nitrogens with zero attached hydrogens (tertiary/aromatic N) is 1. The van der Waals surface area contributed by atoms with E-state index in [4.69, 9.17) is 32.7 Å². The van der Waals surface area contributed by atoms with Crippen molar-refractivity contribution in [2.24, 2.45) is 5.10 Å². The second-order valence-electron chi connectivity index (χ2n) is 7.92. The van der Waals surface area contributed by atoms with Crippen LogP contribution in [0.3, 0.4) is 0 Å². The molecular formula is C26H23Cl2IN4O5. The van der Waals surface area contributed by atoms with Crippen molar-refractivity contribution in [1.82, 2.24) is 5.43 Å². The predicted octanol–water partition coefficient (Wildman–Crippen LogP) is 5.33. The van der Waals surface area contributed by atoms with Crippen LogP contribution < -0.4 is 25.5 Å². The number of nitrogens with one attached hydrogen (secondary N) is 3. The second kappa shape index (κ2) is 13.4. The van der Waals surface area contributed by atoms with Gasteiger partial charge in [0.2, 0.25) is 0 Å². The Morgan fingerprint density at radius 2 is 1.76 bits per heavy atom. The lowest BCUT2D eigenvalue weighted by Crippen LogP contribution is -2.32. The lowest BCUT2D eigenvalue weighted by atomic mass is 10.1. The standard InChI is InChI=1S/C26H23Cl2IN4O5/c1-14-7-8-17(9-15(14)2)31-22(34)13-38-24-19(29)10-16(11-21(24)37-3)12-30-33-26(36)25(35)32-20-6-4-5-18(27)23(20)28/h4-12H,13H2,1-3H3,(H,31,34)(H,32,35)(H,33,36)/b30-12-. The van der Waals surface area contributed by atoms with Crippen molar-refractivity contribution >= 4 is 81.1 Å². The van der Waals surface area contributed by atoms with Gasteiger partial charge in [0.15, 0.2) is 18.1 Å². The maximum absolute atomic E-state index is 12.4. The lowest BCUT2D eigenvalue weighted by Gasteiger charge is -2.14. The zero-order valence-electron chi connectivity index (χ0n) is 20.5. The highest BCUT2D eigenvalue weighted by atomic mass is 127. The molecule has 0 spiro atoms. The van der Waals surface area contributed by atoms with Crippen LogP contribution in [-0.4, -0.2) is 37.7 Å². The Hall–Kier alpha value is -3.35. The molecule has 3 N–H and O–H groups in total. The summed E-state index contributed by atoms with van der Waals surface area (Å²) in [5.41, 5.74) is 5.77. The van der Waals surface area contributed by atoms with E-state index in [0.717, 1.165) is 11.1 Å². The molecule has 3 aromatic carbocycles. The topological polar surface area (TPSA) is 118 Å². The molecule has 3 amide bonds. The Morgan fingerprint density at radius 3 is 2.47 bits per heavy atom. The van der Waals surface area contributed by atoms with Crippen molar-refractivity contribution in [2.75, 3.05) is 24.4 Å². The average molecular weight is 669 g/mol. The number of hydrogen-bond donors (Lipinski definition) is 3. The fourth-order valence-corrected chi connectivity index (χ4v) is 4.23. The first kappa shape index (κ1) is 29.2. The lowest BCUT2D eigenvalue weighted by molar-refractivity contribution is -0.136. The highest BCUT2D eigenvalue weighted by Gasteiger charge is 2.16. The molecule has 198 valence electrons. The van der Waals surface area contributed by atoms with Gasteiger partial charge in [0.25, 0.3) is 5.91 Å². The molecule has 12 heteroatoms. The average Bonchev–Trinajstić information content (AvgIpc) is 2.87. The summed E-state index contributed by atoms with van der Waals surface area (Å²) in [4.78, 5) is 36.6. The van der Waals surface area contributed by atoms with Gasteiger partial charge < -0.3 is 20.1 Å². The number of ether oxygens (including phenoxy) is 2. The Balaban J connectivity index is 1.59. The van der Waals surface area contributed by atoms with Crippen LogP contribution in [0.1, 0.15) is 16.7 Å². The van der Waals surface area contributed by atoms with Crippen molar-refractivity contribution in [1.29, 1.82) is 0 Å². The summed E-state index contributed by atoms with van der Waals surface area (Å²) in [6.07, 6.45) is 1.33. The van der Waals surface area contributed by atoms with Gasteiger partial charge in [-0.3, -0.25) is 14.4 Å². The summed E-state index contributed by atoms with van der Waals surface area (Å²) >= 11 is 14.0. The molecule has 0 unspecified atom stereocenters. The molecule has 38 heavy (non-hydrogen) atoms. The molecule has 3 rings (SSSR count). The van der Waals surface area contributed by atoms with E-state index in [0.29, 0.717) is 26.3 Å². The normalized spacial score (nSPS) is 10.7. The quantitative estimate of drug-likeness (QED) is 0.130. The van der Waals surface area contributed by atoms with E-state index >= 15 is 0 Å². The minimum atomic E-state index is -1.01. The van der Waals surface area contributed by atoms with E-state index in [2.05, 4.69) is 21.2 Å². The van der Waals surface area contributed by atoms with Crippen molar-refractivity contribution in [2.45, 2.75) is 13.8 Å². The SMILES string of the molecule is COc1cc(/C=N\NC(=O)C(=O)Nc2cccc(Cl)c2Cl)cc(I)c1OCC(=O)Nc1ccc(C)c(C)c1. The number of hydrazone groups is 1. The molecule has 0 atom stereocenters. The van der Waals surface area contributed by atoms with Crippen LogP contribution in [0, 0.1) is 17.4 Å². The van der Waals surface area contributed by atoms with Crippen molar-refractivity contribution in [3.05, 3.63) is 78.8 Å². The van der Waals surface area contributed by atoms with Crippen LogP contribution >= 0.6 is 45.8 Å². The first-order valence-corrected chi connectivity index (χ1v) is 12.9. The highest BCUT2D eigenvalue weighted by molar-refractivity contribution is 14.1. The Labute approximate surface area is 243 Å². The first-order valence-electron chi connectivity index (χ1n) is 11.0. The van der Waals surface area contributed by atoms with Gasteiger partial charge in [-0.25, -0.2) is 5.43 Å². The Morgan fingerprint density at radius 1 is 1.00 bits per heavy atom. The number of hydrogen-bond acceptors (Lipinski definition) is 6. The largest absolute Gasteiger partial charge is 0.493 e. The van der Waals surface area contributed by atoms with Gasteiger partial charge in [0.05, 0.1) is 32.6 Å². The number of rotatable bonds is 8. The third-order valence-electron chi connectivity index (χ3n) is 5.18. The molecule has 0 saturated carbocycles. The monoisotopic (exact) mass is 668 g/mol. The van der Waals surface area contributed by atoms with Gasteiger partial charge >= 0.3 is 11.8 Å². The van der Waals surface area contributed by atoms with E-state index in [-0.39, 0.29) is 28.2 Å². The number of aryl methyl sites for hydroxylation is 2. The van der Waals surface area contributed by atoms with Gasteiger partial charge in [0.1, 0.15) is 0 Å². The summed E-state index contributed by atoms with van der Waals surface area (Å²) in [5.74, 6) is -1.56. The third kappa shape index (κ3) is 7.83. The molecule has 0 saturated heterocycles. The van der Waals surface area contributed by atoms with Crippen molar-refractivity contribution < 1.29 is 23.9 Å². The van der Waals surface area contributed by atoms with E-state index in [9.17, 15) is 14.4 Å². The Kier molecular flexibility index (Phi) is 10.3. The molecule has 3 aromatic rings. The predicted molar refractivity (Wildman–Crippen MR) is 157 cm³/mol. The van der Waals surface area contributed by atoms with Crippen molar-refractivity contribution in [3.8, 4) is 11.5 Å².